The minimum atomic E-state index is -0.816. The summed E-state index contributed by atoms with van der Waals surface area (Å²) in [6.07, 6.45) is 1.10. The average molecular weight is 504 g/mol. The summed E-state index contributed by atoms with van der Waals surface area (Å²) in [7, 11) is 1.69. The van der Waals surface area contributed by atoms with Crippen molar-refractivity contribution in [1.82, 2.24) is 25.1 Å². The molecule has 1 aromatic heterocycles. The van der Waals surface area contributed by atoms with Crippen LogP contribution in [-0.2, 0) is 29.1 Å². The Morgan fingerprint density at radius 2 is 1.78 bits per heavy atom. The lowest BCUT2D eigenvalue weighted by atomic mass is 9.98. The van der Waals surface area contributed by atoms with Crippen LogP contribution in [0.1, 0.15) is 16.9 Å². The number of fused-ring (bicyclic) bond motifs is 1. The summed E-state index contributed by atoms with van der Waals surface area (Å²) in [5.41, 5.74) is 1.74. The zero-order valence-corrected chi connectivity index (χ0v) is 20.5. The third kappa shape index (κ3) is 5.14. The predicted molar refractivity (Wildman–Crippen MR) is 134 cm³/mol. The van der Waals surface area contributed by atoms with Gasteiger partial charge in [-0.3, -0.25) is 9.59 Å². The molecule has 0 aliphatic carbocycles. The first-order valence-corrected chi connectivity index (χ1v) is 12.1. The Hall–Kier alpha value is -4.31. The van der Waals surface area contributed by atoms with E-state index < -0.39 is 12.2 Å². The molecule has 2 saturated heterocycles. The molecule has 3 heterocycles. The number of phenolic OH excluding ortho intramolecular Hbond substituents is 1. The van der Waals surface area contributed by atoms with Gasteiger partial charge < -0.3 is 24.6 Å². The summed E-state index contributed by atoms with van der Waals surface area (Å²) in [4.78, 5) is 43.6. The number of nitrogens with zero attached hydrogens (tertiary/aromatic N) is 4. The zero-order chi connectivity index (χ0) is 25.9. The van der Waals surface area contributed by atoms with Crippen LogP contribution in [0.3, 0.4) is 0 Å². The van der Waals surface area contributed by atoms with Gasteiger partial charge in [0.05, 0.1) is 25.9 Å². The number of hydrogen-bond acceptors (Lipinski definition) is 6. The highest BCUT2D eigenvalue weighted by atomic mass is 16.3. The minimum absolute atomic E-state index is 0.0349. The largest absolute Gasteiger partial charge is 0.508 e. The fourth-order valence-electron chi connectivity index (χ4n) is 4.95. The van der Waals surface area contributed by atoms with Gasteiger partial charge in [0.15, 0.2) is 0 Å². The van der Waals surface area contributed by atoms with E-state index in [2.05, 4.69) is 5.32 Å². The number of furan rings is 1. The van der Waals surface area contributed by atoms with Crippen LogP contribution in [-0.4, -0.2) is 75.1 Å². The second kappa shape index (κ2) is 10.4. The maximum Gasteiger partial charge on any atom is 0.334 e. The molecule has 2 aliphatic rings. The van der Waals surface area contributed by atoms with Gasteiger partial charge in [0.25, 0.3) is 0 Å². The first-order valence-electron chi connectivity index (χ1n) is 12.1. The smallest absolute Gasteiger partial charge is 0.334 e. The molecule has 2 fully saturated rings. The summed E-state index contributed by atoms with van der Waals surface area (Å²) >= 11 is 0. The Bertz CT molecular complexity index is 1250. The molecule has 4 amide bonds. The number of hydrazine groups is 1. The van der Waals surface area contributed by atoms with E-state index in [0.717, 1.165) is 11.1 Å². The summed E-state index contributed by atoms with van der Waals surface area (Å²) < 4.78 is 5.49. The van der Waals surface area contributed by atoms with Crippen LogP contribution < -0.4 is 5.32 Å². The summed E-state index contributed by atoms with van der Waals surface area (Å²) in [6, 6.07) is 18.5. The van der Waals surface area contributed by atoms with Crippen molar-refractivity contribution in [3.8, 4) is 5.75 Å². The van der Waals surface area contributed by atoms with Crippen molar-refractivity contribution in [3.63, 3.8) is 0 Å². The normalized spacial score (nSPS) is 20.2. The van der Waals surface area contributed by atoms with Crippen LogP contribution in [0, 0.1) is 0 Å². The highest BCUT2D eigenvalue weighted by molar-refractivity contribution is 5.91. The first kappa shape index (κ1) is 24.4. The molecular weight excluding hydrogens is 474 g/mol. The Morgan fingerprint density at radius 1 is 1.03 bits per heavy atom. The van der Waals surface area contributed by atoms with Gasteiger partial charge in [0.1, 0.15) is 23.7 Å². The molecule has 0 spiro atoms. The maximum atomic E-state index is 13.7. The van der Waals surface area contributed by atoms with Gasteiger partial charge in [-0.25, -0.2) is 14.8 Å². The van der Waals surface area contributed by atoms with Crippen molar-refractivity contribution in [2.75, 3.05) is 20.1 Å². The third-order valence-electron chi connectivity index (χ3n) is 6.73. The molecule has 0 saturated carbocycles. The van der Waals surface area contributed by atoms with Crippen molar-refractivity contribution in [1.29, 1.82) is 0 Å². The van der Waals surface area contributed by atoms with Gasteiger partial charge >= 0.3 is 6.03 Å². The standard InChI is InChI=1S/C27H29N5O5/c1-29-18-25(34)31-23(14-19-9-11-21(33)12-10-19)26(35)30(16-22-8-5-13-37-22)17-24(31)32(29)27(36)28-15-20-6-3-2-4-7-20/h2-13,23-24,33H,14-18H2,1H3,(H,28,36)/t23-,24-/m0/s1. The molecule has 192 valence electrons. The van der Waals surface area contributed by atoms with Gasteiger partial charge in [-0.05, 0) is 35.4 Å². The van der Waals surface area contributed by atoms with Gasteiger partial charge in [-0.1, -0.05) is 42.5 Å². The summed E-state index contributed by atoms with van der Waals surface area (Å²) in [5, 5.41) is 15.8. The predicted octanol–water partition coefficient (Wildman–Crippen LogP) is 2.17. The van der Waals surface area contributed by atoms with Crippen molar-refractivity contribution in [3.05, 3.63) is 89.9 Å². The number of carbonyl (C=O) groups excluding carboxylic acids is 3. The molecule has 3 aromatic rings. The number of rotatable bonds is 6. The molecule has 2 aromatic carbocycles. The van der Waals surface area contributed by atoms with E-state index >= 15 is 0 Å². The number of urea groups is 1. The van der Waals surface area contributed by atoms with Crippen LogP contribution in [0.5, 0.6) is 5.75 Å². The first-order chi connectivity index (χ1) is 17.9. The van der Waals surface area contributed by atoms with E-state index in [1.54, 1.807) is 59.6 Å². The van der Waals surface area contributed by atoms with Crippen LogP contribution >= 0.6 is 0 Å². The lowest BCUT2D eigenvalue weighted by Crippen LogP contribution is -2.76. The number of amides is 4. The molecule has 37 heavy (non-hydrogen) atoms. The number of hydrogen-bond donors (Lipinski definition) is 2. The lowest BCUT2D eigenvalue weighted by molar-refractivity contribution is -0.187. The molecule has 2 aliphatic heterocycles. The Labute approximate surface area is 214 Å². The SMILES string of the molecule is CN1CC(=O)N2[C@@H](Cc3ccc(O)cc3)C(=O)N(Cc3ccco3)C[C@@H]2N1C(=O)NCc1ccccc1. The molecule has 2 atom stereocenters. The monoisotopic (exact) mass is 503 g/mol. The fraction of sp³-hybridized carbons (Fsp3) is 0.296. The summed E-state index contributed by atoms with van der Waals surface area (Å²) in [6.45, 7) is 0.656. The number of nitrogens with one attached hydrogen (secondary N) is 1. The third-order valence-corrected chi connectivity index (χ3v) is 6.73. The number of phenols is 1. The van der Waals surface area contributed by atoms with Gasteiger partial charge in [0.2, 0.25) is 11.8 Å². The Morgan fingerprint density at radius 3 is 2.49 bits per heavy atom. The van der Waals surface area contributed by atoms with Crippen molar-refractivity contribution < 1.29 is 23.9 Å². The maximum absolute atomic E-state index is 13.7. The molecular formula is C27H29N5O5. The van der Waals surface area contributed by atoms with Crippen LogP contribution in [0.4, 0.5) is 4.79 Å². The molecule has 2 N–H and O–H groups in total. The molecule has 0 unspecified atom stereocenters. The number of likely N-dealkylation sites (N-methyl/N-ethyl adjacent to an activating group) is 1. The van der Waals surface area contributed by atoms with Gasteiger partial charge in [-0.15, -0.1) is 0 Å². The van der Waals surface area contributed by atoms with Crippen molar-refractivity contribution in [2.45, 2.75) is 31.7 Å². The average Bonchev–Trinajstić information content (AvgIpc) is 3.40. The van der Waals surface area contributed by atoms with E-state index in [1.807, 2.05) is 30.3 Å². The topological polar surface area (TPSA) is 110 Å². The zero-order valence-electron chi connectivity index (χ0n) is 20.5. The Balaban J connectivity index is 1.44. The van der Waals surface area contributed by atoms with Gasteiger partial charge in [-0.2, -0.15) is 0 Å². The summed E-state index contributed by atoms with van der Waals surface area (Å²) in [5.74, 6) is 0.284. The quantitative estimate of drug-likeness (QED) is 0.534. The van der Waals surface area contributed by atoms with E-state index in [4.69, 9.17) is 4.42 Å². The molecule has 10 nitrogen and oxygen atoms in total. The van der Waals surface area contributed by atoms with Crippen molar-refractivity contribution in [2.24, 2.45) is 0 Å². The second-order valence-corrected chi connectivity index (χ2v) is 9.27. The van der Waals surface area contributed by atoms with E-state index in [1.165, 1.54) is 9.91 Å². The number of benzene rings is 2. The highest BCUT2D eigenvalue weighted by Gasteiger charge is 2.50. The molecule has 10 heteroatoms. The highest BCUT2D eigenvalue weighted by Crippen LogP contribution is 2.29. The lowest BCUT2D eigenvalue weighted by Gasteiger charge is -2.54. The number of piperazine rings is 1. The van der Waals surface area contributed by atoms with Crippen LogP contribution in [0.15, 0.2) is 77.4 Å². The molecule has 5 rings (SSSR count). The number of carbonyl (C=O) groups is 3. The Kier molecular flexibility index (Phi) is 6.82. The molecule has 0 bridgehead atoms. The van der Waals surface area contributed by atoms with Crippen LogP contribution in [0.25, 0.3) is 0 Å². The fourth-order valence-corrected chi connectivity index (χ4v) is 4.95. The van der Waals surface area contributed by atoms with E-state index in [-0.39, 0.29) is 49.7 Å². The van der Waals surface area contributed by atoms with E-state index in [0.29, 0.717) is 12.3 Å². The van der Waals surface area contributed by atoms with Crippen molar-refractivity contribution >= 4 is 17.8 Å². The van der Waals surface area contributed by atoms with E-state index in [9.17, 15) is 19.5 Å². The molecule has 0 radical (unpaired) electrons. The van der Waals surface area contributed by atoms with Gasteiger partial charge in [0, 0.05) is 20.0 Å². The second-order valence-electron chi connectivity index (χ2n) is 9.27. The minimum Gasteiger partial charge on any atom is -0.508 e. The van der Waals surface area contributed by atoms with Crippen LogP contribution in [0.2, 0.25) is 0 Å². The number of aromatic hydroxyl groups is 1.